The Balaban J connectivity index is 1.88. The number of carbonyl (C=O) groups excluding carboxylic acids is 1. The summed E-state index contributed by atoms with van der Waals surface area (Å²) in [6, 6.07) is 14.6. The van der Waals surface area contributed by atoms with Crippen LogP contribution in [0.1, 0.15) is 5.56 Å². The van der Waals surface area contributed by atoms with Crippen molar-refractivity contribution in [2.75, 3.05) is 11.9 Å². The Morgan fingerprint density at radius 3 is 2.57 bits per heavy atom. The van der Waals surface area contributed by atoms with Gasteiger partial charge in [0, 0.05) is 10.6 Å². The van der Waals surface area contributed by atoms with Crippen molar-refractivity contribution < 1.29 is 18.3 Å². The zero-order valence-electron chi connectivity index (χ0n) is 11.8. The SMILES string of the molecule is N#Cc1ccccc1OCC(=O)Nc1ccc(SC(F)F)cc1. The smallest absolute Gasteiger partial charge is 0.288 e. The van der Waals surface area contributed by atoms with E-state index in [1.807, 2.05) is 6.07 Å². The van der Waals surface area contributed by atoms with Gasteiger partial charge in [0.2, 0.25) is 0 Å². The fraction of sp³-hybridized carbons (Fsp3) is 0.125. The molecule has 0 heterocycles. The van der Waals surface area contributed by atoms with Crippen LogP contribution < -0.4 is 10.1 Å². The van der Waals surface area contributed by atoms with Crippen LogP contribution in [0.4, 0.5) is 14.5 Å². The molecule has 4 nitrogen and oxygen atoms in total. The number of anilines is 1. The average Bonchev–Trinajstić information content (AvgIpc) is 2.54. The Morgan fingerprint density at radius 2 is 1.91 bits per heavy atom. The lowest BCUT2D eigenvalue weighted by atomic mass is 10.2. The van der Waals surface area contributed by atoms with Gasteiger partial charge in [-0.05, 0) is 36.4 Å². The van der Waals surface area contributed by atoms with Crippen molar-refractivity contribution in [3.8, 4) is 11.8 Å². The topological polar surface area (TPSA) is 62.1 Å². The van der Waals surface area contributed by atoms with Crippen molar-refractivity contribution in [3.05, 3.63) is 54.1 Å². The lowest BCUT2D eigenvalue weighted by Gasteiger charge is -2.09. The molecule has 0 saturated carbocycles. The zero-order valence-corrected chi connectivity index (χ0v) is 12.6. The highest BCUT2D eigenvalue weighted by atomic mass is 32.2. The summed E-state index contributed by atoms with van der Waals surface area (Å²) in [6.45, 7) is -0.258. The molecule has 7 heteroatoms. The van der Waals surface area contributed by atoms with Gasteiger partial charge in [-0.1, -0.05) is 23.9 Å². The molecule has 0 aromatic heterocycles. The lowest BCUT2D eigenvalue weighted by Crippen LogP contribution is -2.20. The second-order valence-corrected chi connectivity index (χ2v) is 5.41. The molecule has 0 unspecified atom stereocenters. The fourth-order valence-electron chi connectivity index (χ4n) is 1.74. The largest absolute Gasteiger partial charge is 0.482 e. The molecule has 0 fully saturated rings. The predicted molar refractivity (Wildman–Crippen MR) is 83.6 cm³/mol. The van der Waals surface area contributed by atoms with E-state index in [0.717, 1.165) is 0 Å². The summed E-state index contributed by atoms with van der Waals surface area (Å²) in [4.78, 5) is 12.2. The summed E-state index contributed by atoms with van der Waals surface area (Å²) in [7, 11) is 0. The van der Waals surface area contributed by atoms with Crippen LogP contribution in [0.3, 0.4) is 0 Å². The summed E-state index contributed by atoms with van der Waals surface area (Å²) in [5.41, 5.74) is 0.819. The lowest BCUT2D eigenvalue weighted by molar-refractivity contribution is -0.118. The number of halogens is 2. The first-order valence-electron chi connectivity index (χ1n) is 6.55. The second kappa shape index (κ2) is 8.15. The van der Waals surface area contributed by atoms with Crippen molar-refractivity contribution in [1.29, 1.82) is 5.26 Å². The molecule has 0 bridgehead atoms. The predicted octanol–water partition coefficient (Wildman–Crippen LogP) is 3.89. The highest BCUT2D eigenvalue weighted by Crippen LogP contribution is 2.26. The van der Waals surface area contributed by atoms with E-state index in [2.05, 4.69) is 5.32 Å². The van der Waals surface area contributed by atoms with Crippen LogP contribution in [0, 0.1) is 11.3 Å². The van der Waals surface area contributed by atoms with Gasteiger partial charge in [0.05, 0.1) is 5.56 Å². The zero-order chi connectivity index (χ0) is 16.7. The number of hydrogen-bond acceptors (Lipinski definition) is 4. The van der Waals surface area contributed by atoms with Crippen molar-refractivity contribution in [2.24, 2.45) is 0 Å². The Labute approximate surface area is 136 Å². The Morgan fingerprint density at radius 1 is 1.22 bits per heavy atom. The molecule has 2 rings (SSSR count). The third kappa shape index (κ3) is 5.27. The van der Waals surface area contributed by atoms with E-state index in [0.29, 0.717) is 33.7 Å². The first kappa shape index (κ1) is 16.8. The second-order valence-electron chi connectivity index (χ2n) is 4.35. The summed E-state index contributed by atoms with van der Waals surface area (Å²) in [6.07, 6.45) is 0. The van der Waals surface area contributed by atoms with E-state index in [-0.39, 0.29) is 6.61 Å². The van der Waals surface area contributed by atoms with Crippen LogP contribution in [0.25, 0.3) is 0 Å². The fourth-order valence-corrected chi connectivity index (χ4v) is 2.24. The Bertz CT molecular complexity index is 715. The molecule has 0 radical (unpaired) electrons. The molecule has 0 aliphatic rings. The molecule has 0 atom stereocenters. The van der Waals surface area contributed by atoms with Gasteiger partial charge in [-0.25, -0.2) is 0 Å². The molecule has 2 aromatic rings. The normalized spacial score (nSPS) is 10.2. The third-order valence-corrected chi connectivity index (χ3v) is 3.45. The summed E-state index contributed by atoms with van der Waals surface area (Å²) >= 11 is 0.436. The van der Waals surface area contributed by atoms with Crippen LogP contribution in [-0.2, 0) is 4.79 Å². The van der Waals surface area contributed by atoms with Crippen molar-refractivity contribution in [3.63, 3.8) is 0 Å². The Kier molecular flexibility index (Phi) is 5.94. The van der Waals surface area contributed by atoms with E-state index in [4.69, 9.17) is 10.00 Å². The molecule has 0 aliphatic carbocycles. The average molecular weight is 334 g/mol. The maximum Gasteiger partial charge on any atom is 0.288 e. The van der Waals surface area contributed by atoms with Gasteiger partial charge < -0.3 is 10.1 Å². The van der Waals surface area contributed by atoms with E-state index >= 15 is 0 Å². The van der Waals surface area contributed by atoms with Gasteiger partial charge >= 0.3 is 0 Å². The number of nitriles is 1. The number of hydrogen-bond donors (Lipinski definition) is 1. The minimum Gasteiger partial charge on any atom is -0.482 e. The molecule has 118 valence electrons. The number of para-hydroxylation sites is 1. The maximum absolute atomic E-state index is 12.2. The summed E-state index contributed by atoms with van der Waals surface area (Å²) in [5, 5.41) is 11.5. The standard InChI is InChI=1S/C16H12F2N2O2S/c17-16(18)23-13-7-5-12(6-8-13)20-15(21)10-22-14-4-2-1-3-11(14)9-19/h1-8,16H,10H2,(H,20,21). The monoisotopic (exact) mass is 334 g/mol. The number of rotatable bonds is 6. The molecule has 2 aromatic carbocycles. The number of carbonyl (C=O) groups is 1. The van der Waals surface area contributed by atoms with Crippen LogP contribution in [0.5, 0.6) is 5.75 Å². The van der Waals surface area contributed by atoms with Crippen LogP contribution in [0.2, 0.25) is 0 Å². The summed E-state index contributed by atoms with van der Waals surface area (Å²) in [5.74, 6) is -2.56. The van der Waals surface area contributed by atoms with E-state index in [9.17, 15) is 13.6 Å². The first-order valence-corrected chi connectivity index (χ1v) is 7.43. The number of nitrogens with zero attached hydrogens (tertiary/aromatic N) is 1. The van der Waals surface area contributed by atoms with E-state index < -0.39 is 11.7 Å². The highest BCUT2D eigenvalue weighted by Gasteiger charge is 2.08. The van der Waals surface area contributed by atoms with Gasteiger partial charge in [-0.2, -0.15) is 14.0 Å². The molecule has 0 aliphatic heterocycles. The third-order valence-electron chi connectivity index (χ3n) is 2.73. The minimum absolute atomic E-state index is 0.258. The highest BCUT2D eigenvalue weighted by molar-refractivity contribution is 7.99. The quantitative estimate of drug-likeness (QED) is 0.814. The van der Waals surface area contributed by atoms with Gasteiger partial charge in [0.25, 0.3) is 11.7 Å². The van der Waals surface area contributed by atoms with Crippen molar-refractivity contribution in [2.45, 2.75) is 10.7 Å². The number of ether oxygens (including phenoxy) is 1. The molecule has 1 amide bonds. The van der Waals surface area contributed by atoms with Gasteiger partial charge in [-0.3, -0.25) is 4.79 Å². The van der Waals surface area contributed by atoms with Crippen LogP contribution in [0.15, 0.2) is 53.4 Å². The Hall–Kier alpha value is -2.59. The minimum atomic E-state index is -2.48. The number of thioether (sulfide) groups is 1. The molecule has 0 saturated heterocycles. The summed E-state index contributed by atoms with van der Waals surface area (Å²) < 4.78 is 29.7. The van der Waals surface area contributed by atoms with Gasteiger partial charge in [0.1, 0.15) is 11.8 Å². The molecule has 23 heavy (non-hydrogen) atoms. The number of alkyl halides is 2. The molecular formula is C16H12F2N2O2S. The molecule has 0 spiro atoms. The number of nitrogens with one attached hydrogen (secondary N) is 1. The van der Waals surface area contributed by atoms with Crippen molar-refractivity contribution in [1.82, 2.24) is 0 Å². The van der Waals surface area contributed by atoms with E-state index in [1.54, 1.807) is 24.3 Å². The van der Waals surface area contributed by atoms with Crippen LogP contribution in [-0.4, -0.2) is 18.3 Å². The van der Waals surface area contributed by atoms with Crippen LogP contribution >= 0.6 is 11.8 Å². The number of benzene rings is 2. The molecule has 1 N–H and O–H groups in total. The first-order chi connectivity index (χ1) is 11.1. The maximum atomic E-state index is 12.2. The molecular weight excluding hydrogens is 322 g/mol. The van der Waals surface area contributed by atoms with Gasteiger partial charge in [0.15, 0.2) is 6.61 Å². The van der Waals surface area contributed by atoms with E-state index in [1.165, 1.54) is 24.3 Å². The van der Waals surface area contributed by atoms with Gasteiger partial charge in [-0.15, -0.1) is 0 Å². The number of amides is 1. The van der Waals surface area contributed by atoms with Crippen molar-refractivity contribution >= 4 is 23.4 Å².